The van der Waals surface area contributed by atoms with Crippen LogP contribution < -0.4 is 14.2 Å². The second-order valence-electron chi connectivity index (χ2n) is 7.13. The number of methoxy groups -OCH3 is 2. The maximum Gasteiger partial charge on any atom is 0.259 e. The minimum atomic E-state index is -0.154. The third-order valence-corrected chi connectivity index (χ3v) is 5.53. The van der Waals surface area contributed by atoms with Crippen molar-refractivity contribution in [1.82, 2.24) is 4.90 Å². The van der Waals surface area contributed by atoms with Crippen LogP contribution in [0.15, 0.2) is 40.4 Å². The standard InChI is InChI=1S/C23H24BrNO5/c1-25(2)21(26)13-30-23-19(24)10-14(11-20(23)29-4)9-16-6-5-15-12-17(28-3)7-8-18(15)22(16)27/h7-12H,5-6,13H2,1-4H3/b16-9+. The molecular formula is C23H24BrNO5. The van der Waals surface area contributed by atoms with Gasteiger partial charge in [-0.05, 0) is 76.3 Å². The molecule has 7 heteroatoms. The molecule has 30 heavy (non-hydrogen) atoms. The zero-order valence-electron chi connectivity index (χ0n) is 17.5. The quantitative estimate of drug-likeness (QED) is 0.589. The molecule has 6 nitrogen and oxygen atoms in total. The molecular weight excluding hydrogens is 450 g/mol. The highest BCUT2D eigenvalue weighted by atomic mass is 79.9. The molecule has 2 aromatic rings. The van der Waals surface area contributed by atoms with Gasteiger partial charge >= 0.3 is 0 Å². The van der Waals surface area contributed by atoms with Gasteiger partial charge in [-0.3, -0.25) is 9.59 Å². The van der Waals surface area contributed by atoms with E-state index in [1.54, 1.807) is 33.3 Å². The molecule has 0 saturated heterocycles. The molecule has 0 spiro atoms. The number of fused-ring (bicyclic) bond motifs is 1. The Balaban J connectivity index is 1.87. The van der Waals surface area contributed by atoms with Crippen molar-refractivity contribution in [3.63, 3.8) is 0 Å². The highest BCUT2D eigenvalue weighted by Gasteiger charge is 2.23. The lowest BCUT2D eigenvalue weighted by Crippen LogP contribution is -2.27. The first-order chi connectivity index (χ1) is 14.3. The van der Waals surface area contributed by atoms with Crippen molar-refractivity contribution in [2.75, 3.05) is 34.9 Å². The molecule has 3 rings (SSSR count). The monoisotopic (exact) mass is 473 g/mol. The summed E-state index contributed by atoms with van der Waals surface area (Å²) in [5.74, 6) is 1.55. The fraction of sp³-hybridized carbons (Fsp3) is 0.304. The highest BCUT2D eigenvalue weighted by molar-refractivity contribution is 9.10. The second kappa shape index (κ2) is 9.34. The Morgan fingerprint density at radius 1 is 1.13 bits per heavy atom. The van der Waals surface area contributed by atoms with E-state index >= 15 is 0 Å². The van der Waals surface area contributed by atoms with Gasteiger partial charge in [-0.25, -0.2) is 0 Å². The SMILES string of the molecule is COc1ccc2c(c1)CC/C(=C\c1cc(Br)c(OCC(=O)N(C)C)c(OC)c1)C2=O. The number of hydrogen-bond donors (Lipinski definition) is 0. The normalized spacial score (nSPS) is 14.3. The number of benzene rings is 2. The largest absolute Gasteiger partial charge is 0.497 e. The molecule has 0 unspecified atom stereocenters. The third-order valence-electron chi connectivity index (χ3n) is 4.94. The summed E-state index contributed by atoms with van der Waals surface area (Å²) in [6.07, 6.45) is 3.29. The van der Waals surface area contributed by atoms with Crippen molar-refractivity contribution in [2.24, 2.45) is 0 Å². The number of nitrogens with zero attached hydrogens (tertiary/aromatic N) is 1. The van der Waals surface area contributed by atoms with Crippen LogP contribution in [0.3, 0.4) is 0 Å². The van der Waals surface area contributed by atoms with Gasteiger partial charge in [0.05, 0.1) is 18.7 Å². The number of allylic oxidation sites excluding steroid dienone is 1. The lowest BCUT2D eigenvalue weighted by atomic mass is 9.86. The number of Topliss-reactive ketones (excluding diaryl/α,β-unsaturated/α-hetero) is 1. The van der Waals surface area contributed by atoms with Gasteiger partial charge in [-0.2, -0.15) is 0 Å². The summed E-state index contributed by atoms with van der Waals surface area (Å²) in [6, 6.07) is 9.19. The second-order valence-corrected chi connectivity index (χ2v) is 7.99. The number of aryl methyl sites for hydroxylation is 1. The molecule has 1 amide bonds. The Morgan fingerprint density at radius 2 is 1.90 bits per heavy atom. The summed E-state index contributed by atoms with van der Waals surface area (Å²) in [5, 5.41) is 0. The number of carbonyl (C=O) groups excluding carboxylic acids is 2. The molecule has 158 valence electrons. The van der Waals surface area contributed by atoms with Crippen LogP contribution in [0, 0.1) is 0 Å². The van der Waals surface area contributed by atoms with Crippen molar-refractivity contribution in [3.8, 4) is 17.2 Å². The highest BCUT2D eigenvalue weighted by Crippen LogP contribution is 2.38. The van der Waals surface area contributed by atoms with Crippen LogP contribution in [0.25, 0.3) is 6.08 Å². The van der Waals surface area contributed by atoms with E-state index in [-0.39, 0.29) is 18.3 Å². The van der Waals surface area contributed by atoms with Crippen molar-refractivity contribution < 1.29 is 23.8 Å². The Bertz CT molecular complexity index is 1010. The van der Waals surface area contributed by atoms with E-state index in [2.05, 4.69) is 15.9 Å². The fourth-order valence-corrected chi connectivity index (χ4v) is 3.82. The van der Waals surface area contributed by atoms with Crippen LogP contribution in [0.5, 0.6) is 17.2 Å². The van der Waals surface area contributed by atoms with Crippen molar-refractivity contribution in [1.29, 1.82) is 0 Å². The number of amides is 1. The number of hydrogen-bond acceptors (Lipinski definition) is 5. The van der Waals surface area contributed by atoms with Crippen LogP contribution in [0.2, 0.25) is 0 Å². The van der Waals surface area contributed by atoms with E-state index in [0.29, 0.717) is 28.0 Å². The average molecular weight is 474 g/mol. The smallest absolute Gasteiger partial charge is 0.259 e. The Labute approximate surface area is 184 Å². The first kappa shape index (κ1) is 21.9. The lowest BCUT2D eigenvalue weighted by molar-refractivity contribution is -0.130. The molecule has 0 saturated carbocycles. The number of ketones is 1. The van der Waals surface area contributed by atoms with Crippen molar-refractivity contribution in [2.45, 2.75) is 12.8 Å². The van der Waals surface area contributed by atoms with Gasteiger partial charge in [0.1, 0.15) is 5.75 Å². The molecule has 0 fully saturated rings. The Hall–Kier alpha value is -2.80. The minimum Gasteiger partial charge on any atom is -0.497 e. The fourth-order valence-electron chi connectivity index (χ4n) is 3.25. The molecule has 0 bridgehead atoms. The first-order valence-corrected chi connectivity index (χ1v) is 10.3. The van der Waals surface area contributed by atoms with E-state index in [1.807, 2.05) is 24.3 Å². The molecule has 0 atom stereocenters. The Kier molecular flexibility index (Phi) is 6.82. The summed E-state index contributed by atoms with van der Waals surface area (Å²) >= 11 is 3.49. The van der Waals surface area contributed by atoms with E-state index in [0.717, 1.165) is 28.9 Å². The van der Waals surface area contributed by atoms with Gasteiger partial charge in [0.15, 0.2) is 23.9 Å². The van der Waals surface area contributed by atoms with Crippen LogP contribution in [-0.4, -0.2) is 51.5 Å². The van der Waals surface area contributed by atoms with E-state index in [4.69, 9.17) is 14.2 Å². The zero-order chi connectivity index (χ0) is 21.8. The molecule has 1 aliphatic rings. The molecule has 0 radical (unpaired) electrons. The van der Waals surface area contributed by atoms with Gasteiger partial charge < -0.3 is 19.1 Å². The third kappa shape index (κ3) is 4.67. The van der Waals surface area contributed by atoms with Gasteiger partial charge in [0.25, 0.3) is 5.91 Å². The van der Waals surface area contributed by atoms with Crippen LogP contribution in [0.4, 0.5) is 0 Å². The first-order valence-electron chi connectivity index (χ1n) is 9.46. The van der Waals surface area contributed by atoms with Gasteiger partial charge in [0.2, 0.25) is 0 Å². The van der Waals surface area contributed by atoms with Gasteiger partial charge in [-0.1, -0.05) is 0 Å². The zero-order valence-corrected chi connectivity index (χ0v) is 19.0. The number of rotatable bonds is 6. The van der Waals surface area contributed by atoms with Crippen LogP contribution in [-0.2, 0) is 11.2 Å². The molecule has 2 aromatic carbocycles. The summed E-state index contributed by atoms with van der Waals surface area (Å²) in [5.41, 5.74) is 3.26. The summed E-state index contributed by atoms with van der Waals surface area (Å²) < 4.78 is 17.0. The van der Waals surface area contributed by atoms with Crippen molar-refractivity contribution >= 4 is 33.7 Å². The maximum absolute atomic E-state index is 12.9. The summed E-state index contributed by atoms with van der Waals surface area (Å²) in [7, 11) is 6.49. The summed E-state index contributed by atoms with van der Waals surface area (Å²) in [6.45, 7) is -0.0961. The van der Waals surface area contributed by atoms with Gasteiger partial charge in [0, 0.05) is 25.2 Å². The number of carbonyl (C=O) groups is 2. The van der Waals surface area contributed by atoms with Crippen LogP contribution in [0.1, 0.15) is 27.9 Å². The molecule has 0 N–H and O–H groups in total. The van der Waals surface area contributed by atoms with Gasteiger partial charge in [-0.15, -0.1) is 0 Å². The number of likely N-dealkylation sites (N-methyl/N-ethyl adjacent to an activating group) is 1. The average Bonchev–Trinajstić information content (AvgIpc) is 2.73. The minimum absolute atomic E-state index is 0.0194. The number of halogens is 1. The Morgan fingerprint density at radius 3 is 2.57 bits per heavy atom. The molecule has 0 aromatic heterocycles. The molecule has 0 heterocycles. The predicted molar refractivity (Wildman–Crippen MR) is 119 cm³/mol. The predicted octanol–water partition coefficient (Wildman–Crippen LogP) is 4.15. The number of ether oxygens (including phenoxy) is 3. The molecule has 1 aliphatic carbocycles. The van der Waals surface area contributed by atoms with E-state index < -0.39 is 0 Å². The topological polar surface area (TPSA) is 65.1 Å². The van der Waals surface area contributed by atoms with Crippen molar-refractivity contribution in [3.05, 3.63) is 57.1 Å². The van der Waals surface area contributed by atoms with E-state index in [9.17, 15) is 9.59 Å². The maximum atomic E-state index is 12.9. The summed E-state index contributed by atoms with van der Waals surface area (Å²) in [4.78, 5) is 26.2. The lowest BCUT2D eigenvalue weighted by Gasteiger charge is -2.19. The molecule has 0 aliphatic heterocycles. The van der Waals surface area contributed by atoms with E-state index in [1.165, 1.54) is 12.0 Å². The van der Waals surface area contributed by atoms with Crippen LogP contribution >= 0.6 is 15.9 Å².